The third kappa shape index (κ3) is 5.18. The second-order valence-corrected chi connectivity index (χ2v) is 7.34. The first-order chi connectivity index (χ1) is 13.1. The van der Waals surface area contributed by atoms with E-state index in [2.05, 4.69) is 49.5 Å². The summed E-state index contributed by atoms with van der Waals surface area (Å²) in [5, 5.41) is 4.51. The van der Waals surface area contributed by atoms with Crippen LogP contribution in [0.15, 0.2) is 60.7 Å². The number of ether oxygens (including phenoxy) is 1. The Morgan fingerprint density at radius 3 is 2.22 bits per heavy atom. The van der Waals surface area contributed by atoms with Crippen molar-refractivity contribution in [2.45, 2.75) is 33.4 Å². The molecule has 0 bridgehead atoms. The third-order valence-corrected chi connectivity index (χ3v) is 5.00. The van der Waals surface area contributed by atoms with Crippen LogP contribution in [0, 0.1) is 6.92 Å². The second kappa shape index (κ2) is 9.16. The van der Waals surface area contributed by atoms with Gasteiger partial charge in [0.05, 0.1) is 10.0 Å². The van der Waals surface area contributed by atoms with Crippen molar-refractivity contribution in [2.24, 2.45) is 0 Å². The zero-order valence-corrected chi connectivity index (χ0v) is 17.1. The van der Waals surface area contributed by atoms with Gasteiger partial charge in [0.1, 0.15) is 6.61 Å². The summed E-state index contributed by atoms with van der Waals surface area (Å²) in [6.07, 6.45) is 0.983. The molecule has 3 aromatic rings. The van der Waals surface area contributed by atoms with Gasteiger partial charge in [0, 0.05) is 12.2 Å². The maximum Gasteiger partial charge on any atom is 0.156 e. The zero-order valence-electron chi connectivity index (χ0n) is 15.6. The summed E-state index contributed by atoms with van der Waals surface area (Å²) in [5.41, 5.74) is 5.73. The molecule has 0 aliphatic heterocycles. The van der Waals surface area contributed by atoms with Gasteiger partial charge in [0.15, 0.2) is 5.75 Å². The molecule has 1 N–H and O–H groups in total. The molecule has 0 aliphatic carbocycles. The molecule has 0 saturated carbocycles. The number of aryl methyl sites for hydroxylation is 2. The summed E-state index contributed by atoms with van der Waals surface area (Å²) in [6, 6.07) is 20.3. The van der Waals surface area contributed by atoms with Crippen molar-refractivity contribution in [3.8, 4) is 5.75 Å². The van der Waals surface area contributed by atoms with E-state index in [0.29, 0.717) is 28.9 Å². The molecule has 0 radical (unpaired) electrons. The fraction of sp³-hybridized carbons (Fsp3) is 0.217. The molecular formula is C23H23Cl2NO. The lowest BCUT2D eigenvalue weighted by Gasteiger charge is -2.14. The maximum atomic E-state index is 6.43. The molecule has 0 unspecified atom stereocenters. The highest BCUT2D eigenvalue weighted by Gasteiger charge is 2.11. The summed E-state index contributed by atoms with van der Waals surface area (Å²) < 4.78 is 5.86. The Morgan fingerprint density at radius 2 is 1.56 bits per heavy atom. The van der Waals surface area contributed by atoms with Crippen molar-refractivity contribution >= 4 is 28.9 Å². The first kappa shape index (κ1) is 19.6. The van der Waals surface area contributed by atoms with Gasteiger partial charge in [-0.2, -0.15) is 0 Å². The number of halogens is 2. The second-order valence-electron chi connectivity index (χ2n) is 6.53. The Labute approximate surface area is 171 Å². The Morgan fingerprint density at radius 1 is 0.889 bits per heavy atom. The molecule has 0 spiro atoms. The molecule has 0 atom stereocenters. The van der Waals surface area contributed by atoms with E-state index in [-0.39, 0.29) is 0 Å². The number of benzene rings is 3. The minimum atomic E-state index is 0.432. The van der Waals surface area contributed by atoms with Crippen LogP contribution in [-0.4, -0.2) is 0 Å². The fourth-order valence-corrected chi connectivity index (χ4v) is 3.53. The van der Waals surface area contributed by atoms with Gasteiger partial charge in [-0.3, -0.25) is 0 Å². The molecular weight excluding hydrogens is 377 g/mol. The molecule has 2 nitrogen and oxygen atoms in total. The normalized spacial score (nSPS) is 10.7. The minimum absolute atomic E-state index is 0.432. The third-order valence-electron chi connectivity index (χ3n) is 4.44. The van der Waals surface area contributed by atoms with E-state index in [4.69, 9.17) is 27.9 Å². The zero-order chi connectivity index (χ0) is 19.2. The van der Waals surface area contributed by atoms with Gasteiger partial charge in [0.25, 0.3) is 0 Å². The van der Waals surface area contributed by atoms with E-state index < -0.39 is 0 Å². The number of rotatable bonds is 7. The number of nitrogens with one attached hydrogen (secondary N) is 1. The number of anilines is 1. The lowest BCUT2D eigenvalue weighted by molar-refractivity contribution is 0.306. The van der Waals surface area contributed by atoms with Crippen LogP contribution in [0.3, 0.4) is 0 Å². The van der Waals surface area contributed by atoms with Crippen LogP contribution in [-0.2, 0) is 19.6 Å². The van der Waals surface area contributed by atoms with Gasteiger partial charge < -0.3 is 10.1 Å². The first-order valence-corrected chi connectivity index (χ1v) is 9.80. The predicted molar refractivity (Wildman–Crippen MR) is 115 cm³/mol. The van der Waals surface area contributed by atoms with Crippen molar-refractivity contribution in [1.82, 2.24) is 0 Å². The minimum Gasteiger partial charge on any atom is -0.486 e. The highest BCUT2D eigenvalue weighted by molar-refractivity contribution is 6.37. The molecule has 0 heterocycles. The molecule has 0 amide bonds. The molecule has 3 rings (SSSR count). The van der Waals surface area contributed by atoms with E-state index in [1.807, 2.05) is 30.3 Å². The largest absolute Gasteiger partial charge is 0.486 e. The van der Waals surface area contributed by atoms with Crippen LogP contribution in [0.25, 0.3) is 0 Å². The summed E-state index contributed by atoms with van der Waals surface area (Å²) in [4.78, 5) is 0. The fourth-order valence-electron chi connectivity index (χ4n) is 2.89. The summed E-state index contributed by atoms with van der Waals surface area (Å²) in [7, 11) is 0. The van der Waals surface area contributed by atoms with Gasteiger partial charge in [-0.05, 0) is 48.2 Å². The average Bonchev–Trinajstić information content (AvgIpc) is 2.67. The molecule has 0 saturated heterocycles. The van der Waals surface area contributed by atoms with Gasteiger partial charge in [-0.25, -0.2) is 0 Å². The van der Waals surface area contributed by atoms with Gasteiger partial charge in [0.2, 0.25) is 0 Å². The lowest BCUT2D eigenvalue weighted by Crippen LogP contribution is -2.03. The quantitative estimate of drug-likeness (QED) is 0.459. The predicted octanol–water partition coefficient (Wildman–Crippen LogP) is 7.06. The van der Waals surface area contributed by atoms with Crippen LogP contribution in [0.1, 0.15) is 29.2 Å². The van der Waals surface area contributed by atoms with Gasteiger partial charge in [-0.1, -0.05) is 78.2 Å². The standard InChI is InChI=1S/C23H23Cl2NO/c1-3-19-6-4-5-7-22(19)26-14-18-12-20(24)23(21(25)13-18)27-15-17-10-8-16(2)9-11-17/h4-13,26H,3,14-15H2,1-2H3. The highest BCUT2D eigenvalue weighted by atomic mass is 35.5. The van der Waals surface area contributed by atoms with Crippen LogP contribution in [0.5, 0.6) is 5.75 Å². The van der Waals surface area contributed by atoms with Crippen molar-refractivity contribution in [1.29, 1.82) is 0 Å². The summed E-state index contributed by atoms with van der Waals surface area (Å²) >= 11 is 12.9. The van der Waals surface area contributed by atoms with Crippen molar-refractivity contribution in [3.05, 3.63) is 93.0 Å². The topological polar surface area (TPSA) is 21.3 Å². The van der Waals surface area contributed by atoms with Gasteiger partial charge >= 0.3 is 0 Å². The molecule has 0 aliphatic rings. The Kier molecular flexibility index (Phi) is 6.65. The van der Waals surface area contributed by atoms with Crippen LogP contribution in [0.4, 0.5) is 5.69 Å². The molecule has 4 heteroatoms. The Hall–Kier alpha value is -2.16. The SMILES string of the molecule is CCc1ccccc1NCc1cc(Cl)c(OCc2ccc(C)cc2)c(Cl)c1. The van der Waals surface area contributed by atoms with E-state index in [9.17, 15) is 0 Å². The summed E-state index contributed by atoms with van der Waals surface area (Å²) in [5.74, 6) is 0.525. The Bertz CT molecular complexity index is 884. The molecule has 0 aromatic heterocycles. The first-order valence-electron chi connectivity index (χ1n) is 9.05. The number of hydrogen-bond donors (Lipinski definition) is 1. The highest BCUT2D eigenvalue weighted by Crippen LogP contribution is 2.35. The molecule has 0 fully saturated rings. The molecule has 27 heavy (non-hydrogen) atoms. The number of hydrogen-bond acceptors (Lipinski definition) is 2. The monoisotopic (exact) mass is 399 g/mol. The van der Waals surface area contributed by atoms with Crippen molar-refractivity contribution in [2.75, 3.05) is 5.32 Å². The van der Waals surface area contributed by atoms with Crippen molar-refractivity contribution in [3.63, 3.8) is 0 Å². The summed E-state index contributed by atoms with van der Waals surface area (Å²) in [6.45, 7) is 5.29. The van der Waals surface area contributed by atoms with E-state index in [1.165, 1.54) is 11.1 Å². The van der Waals surface area contributed by atoms with Crippen LogP contribution < -0.4 is 10.1 Å². The van der Waals surface area contributed by atoms with E-state index >= 15 is 0 Å². The van der Waals surface area contributed by atoms with E-state index in [1.54, 1.807) is 0 Å². The van der Waals surface area contributed by atoms with Crippen molar-refractivity contribution < 1.29 is 4.74 Å². The Balaban J connectivity index is 1.68. The smallest absolute Gasteiger partial charge is 0.156 e. The lowest BCUT2D eigenvalue weighted by atomic mass is 10.1. The van der Waals surface area contributed by atoms with Crippen LogP contribution in [0.2, 0.25) is 10.0 Å². The van der Waals surface area contributed by atoms with Crippen LogP contribution >= 0.6 is 23.2 Å². The molecule has 3 aromatic carbocycles. The molecule has 140 valence electrons. The van der Waals surface area contributed by atoms with E-state index in [0.717, 1.165) is 23.2 Å². The number of para-hydroxylation sites is 1. The average molecular weight is 400 g/mol. The van der Waals surface area contributed by atoms with Gasteiger partial charge in [-0.15, -0.1) is 0 Å². The maximum absolute atomic E-state index is 6.43.